The van der Waals surface area contributed by atoms with Crippen LogP contribution < -0.4 is 11.1 Å². The highest BCUT2D eigenvalue weighted by molar-refractivity contribution is 5.66. The van der Waals surface area contributed by atoms with Crippen LogP contribution in [0.25, 0.3) is 0 Å². The smallest absolute Gasteiger partial charge is 0.333 e. The summed E-state index contributed by atoms with van der Waals surface area (Å²) in [5, 5.41) is 12.3. The maximum atomic E-state index is 11.6. The van der Waals surface area contributed by atoms with Crippen molar-refractivity contribution in [3.05, 3.63) is 26.5 Å². The minimum Gasteiger partial charge on any atom is -0.480 e. The molecule has 2 rings (SSSR count). The Bertz CT molecular complexity index is 544. The molecule has 2 heterocycles. The number of aliphatic carboxylic acids is 1. The summed E-state index contributed by atoms with van der Waals surface area (Å²) >= 11 is 0. The van der Waals surface area contributed by atoms with E-state index >= 15 is 0 Å². The number of rotatable bonds is 2. The zero-order chi connectivity index (χ0) is 11.7. The number of carbonyl (C=O) groups is 1. The third-order valence-corrected chi connectivity index (χ3v) is 2.19. The van der Waals surface area contributed by atoms with Gasteiger partial charge in [-0.25, -0.2) is 4.68 Å². The van der Waals surface area contributed by atoms with Crippen molar-refractivity contribution in [2.45, 2.75) is 19.7 Å². The van der Waals surface area contributed by atoms with E-state index in [4.69, 9.17) is 9.84 Å². The average Bonchev–Trinajstić information content (AvgIpc) is 2.25. The maximum Gasteiger partial charge on any atom is 0.333 e. The fourth-order valence-electron chi connectivity index (χ4n) is 1.47. The van der Waals surface area contributed by atoms with Crippen molar-refractivity contribution in [1.82, 2.24) is 14.3 Å². The molecule has 0 aromatic carbocycles. The molecule has 0 bridgehead atoms. The molecule has 1 aliphatic heterocycles. The molecule has 86 valence electrons. The minimum atomic E-state index is -1.23. The van der Waals surface area contributed by atoms with Crippen molar-refractivity contribution in [2.75, 3.05) is 6.61 Å². The highest BCUT2D eigenvalue weighted by Crippen LogP contribution is 2.00. The summed E-state index contributed by atoms with van der Waals surface area (Å²) in [6.07, 6.45) is 0. The van der Waals surface area contributed by atoms with Crippen molar-refractivity contribution in [3.8, 4) is 0 Å². The van der Waals surface area contributed by atoms with E-state index in [9.17, 15) is 14.4 Å². The molecule has 0 saturated heterocycles. The second-order valence-corrected chi connectivity index (χ2v) is 3.28. The van der Waals surface area contributed by atoms with Crippen LogP contribution in [0.1, 0.15) is 5.82 Å². The Kier molecular flexibility index (Phi) is 2.57. The molecule has 0 spiro atoms. The number of fused-ring (bicyclic) bond motifs is 1. The van der Waals surface area contributed by atoms with Crippen LogP contribution in [0.15, 0.2) is 9.59 Å². The number of aromatic nitrogens is 3. The van der Waals surface area contributed by atoms with Gasteiger partial charge in [-0.1, -0.05) is 0 Å². The monoisotopic (exact) mass is 227 g/mol. The van der Waals surface area contributed by atoms with Gasteiger partial charge in [0, 0.05) is 0 Å². The van der Waals surface area contributed by atoms with Gasteiger partial charge in [-0.15, -0.1) is 0 Å². The van der Waals surface area contributed by atoms with Gasteiger partial charge in [0.2, 0.25) is 0 Å². The van der Waals surface area contributed by atoms with Gasteiger partial charge in [0.05, 0.1) is 13.2 Å². The molecule has 1 N–H and O–H groups in total. The number of hydrogen-bond donors (Lipinski definition) is 1. The van der Waals surface area contributed by atoms with Crippen molar-refractivity contribution in [2.24, 2.45) is 0 Å². The highest BCUT2D eigenvalue weighted by Gasteiger charge is 2.17. The van der Waals surface area contributed by atoms with E-state index in [1.54, 1.807) is 0 Å². The van der Waals surface area contributed by atoms with E-state index in [0.29, 0.717) is 11.3 Å². The van der Waals surface area contributed by atoms with Crippen LogP contribution in [0, 0.1) is 0 Å². The quantitative estimate of drug-likeness (QED) is 0.587. The normalized spacial score (nSPS) is 14.5. The van der Waals surface area contributed by atoms with Gasteiger partial charge in [-0.05, 0) is 0 Å². The fourth-order valence-corrected chi connectivity index (χ4v) is 1.47. The average molecular weight is 227 g/mol. The van der Waals surface area contributed by atoms with E-state index in [1.165, 1.54) is 4.57 Å². The van der Waals surface area contributed by atoms with Gasteiger partial charge in [-0.2, -0.15) is 5.10 Å². The van der Waals surface area contributed by atoms with Crippen LogP contribution in [-0.2, 0) is 29.2 Å². The van der Waals surface area contributed by atoms with Crippen molar-refractivity contribution in [3.63, 3.8) is 0 Å². The van der Waals surface area contributed by atoms with Gasteiger partial charge in [-0.3, -0.25) is 19.0 Å². The van der Waals surface area contributed by atoms with Gasteiger partial charge in [0.25, 0.3) is 0 Å². The molecule has 8 nitrogen and oxygen atoms in total. The molecule has 1 aromatic rings. The molecule has 1 aliphatic rings. The molecule has 1 aromatic heterocycles. The Morgan fingerprint density at radius 3 is 2.88 bits per heavy atom. The lowest BCUT2D eigenvalue weighted by Gasteiger charge is -2.17. The number of ether oxygens (including phenoxy) is 1. The third-order valence-electron chi connectivity index (χ3n) is 2.19. The molecule has 0 aliphatic carbocycles. The van der Waals surface area contributed by atoms with Crippen LogP contribution in [0.2, 0.25) is 0 Å². The summed E-state index contributed by atoms with van der Waals surface area (Å²) in [4.78, 5) is 33.5. The lowest BCUT2D eigenvalue weighted by Crippen LogP contribution is -2.47. The Balaban J connectivity index is 2.57. The molecular formula is C8H9N3O5. The topological polar surface area (TPSA) is 103 Å². The first-order chi connectivity index (χ1) is 7.59. The molecule has 0 unspecified atom stereocenters. The minimum absolute atomic E-state index is 0.106. The Morgan fingerprint density at radius 1 is 1.44 bits per heavy atom. The second kappa shape index (κ2) is 3.89. The molecule has 0 fully saturated rings. The SMILES string of the molecule is O=C(O)Cn1nc2n(c(=O)c1=O)CCOC2. The first kappa shape index (κ1) is 10.6. The lowest BCUT2D eigenvalue weighted by molar-refractivity contribution is -0.138. The first-order valence-corrected chi connectivity index (χ1v) is 4.60. The molecular weight excluding hydrogens is 218 g/mol. The van der Waals surface area contributed by atoms with E-state index in [0.717, 1.165) is 0 Å². The van der Waals surface area contributed by atoms with Crippen LogP contribution in [0.3, 0.4) is 0 Å². The van der Waals surface area contributed by atoms with Crippen LogP contribution in [0.5, 0.6) is 0 Å². The number of carboxylic acid groups (broad SMARTS) is 1. The number of carboxylic acids is 1. The van der Waals surface area contributed by atoms with Crippen LogP contribution in [0.4, 0.5) is 0 Å². The summed E-state index contributed by atoms with van der Waals surface area (Å²) in [5.41, 5.74) is -1.68. The summed E-state index contributed by atoms with van der Waals surface area (Å²) in [7, 11) is 0. The predicted octanol–water partition coefficient (Wildman–Crippen LogP) is -1.98. The van der Waals surface area contributed by atoms with Crippen molar-refractivity contribution in [1.29, 1.82) is 0 Å². The maximum absolute atomic E-state index is 11.6. The number of hydrogen-bond acceptors (Lipinski definition) is 5. The molecule has 8 heteroatoms. The Labute approximate surface area is 88.7 Å². The highest BCUT2D eigenvalue weighted by atomic mass is 16.5. The lowest BCUT2D eigenvalue weighted by atomic mass is 10.5. The van der Waals surface area contributed by atoms with E-state index < -0.39 is 23.6 Å². The first-order valence-electron chi connectivity index (χ1n) is 4.60. The predicted molar refractivity (Wildman–Crippen MR) is 50.0 cm³/mol. The second-order valence-electron chi connectivity index (χ2n) is 3.28. The fraction of sp³-hybridized carbons (Fsp3) is 0.500. The molecule has 0 radical (unpaired) electrons. The third kappa shape index (κ3) is 1.74. The summed E-state index contributed by atoms with van der Waals surface area (Å²) in [6, 6.07) is 0. The standard InChI is InChI=1S/C8H9N3O5/c12-6(13)3-11-8(15)7(14)10-1-2-16-4-5(10)9-11/h1-4H2,(H,12,13). The van der Waals surface area contributed by atoms with Crippen molar-refractivity contribution < 1.29 is 14.6 Å². The largest absolute Gasteiger partial charge is 0.480 e. The van der Waals surface area contributed by atoms with Crippen LogP contribution >= 0.6 is 0 Å². The molecule has 0 atom stereocenters. The van der Waals surface area contributed by atoms with E-state index in [2.05, 4.69) is 5.10 Å². The van der Waals surface area contributed by atoms with E-state index in [-0.39, 0.29) is 19.0 Å². The van der Waals surface area contributed by atoms with Crippen LogP contribution in [-0.4, -0.2) is 32.0 Å². The Hall–Kier alpha value is -1.96. The van der Waals surface area contributed by atoms with Gasteiger partial charge in [0.15, 0.2) is 5.82 Å². The summed E-state index contributed by atoms with van der Waals surface area (Å²) in [5.74, 6) is -0.951. The van der Waals surface area contributed by atoms with Crippen molar-refractivity contribution >= 4 is 5.97 Å². The number of nitrogens with zero attached hydrogens (tertiary/aromatic N) is 3. The summed E-state index contributed by atoms with van der Waals surface area (Å²) < 4.78 is 6.92. The van der Waals surface area contributed by atoms with Gasteiger partial charge in [0.1, 0.15) is 13.2 Å². The molecule has 0 amide bonds. The van der Waals surface area contributed by atoms with E-state index in [1.807, 2.05) is 0 Å². The summed E-state index contributed by atoms with van der Waals surface area (Å²) in [6.45, 7) is 0.0956. The zero-order valence-electron chi connectivity index (χ0n) is 8.25. The van der Waals surface area contributed by atoms with Gasteiger partial charge < -0.3 is 9.84 Å². The Morgan fingerprint density at radius 2 is 2.19 bits per heavy atom. The molecule has 0 saturated carbocycles. The zero-order valence-corrected chi connectivity index (χ0v) is 8.25. The van der Waals surface area contributed by atoms with Gasteiger partial charge >= 0.3 is 17.1 Å². The molecule has 16 heavy (non-hydrogen) atoms.